The molecule has 1 aromatic rings. The van der Waals surface area contributed by atoms with Crippen LogP contribution >= 0.6 is 0 Å². The molecule has 1 unspecified atom stereocenters. The number of nitrogens with one attached hydrogen (secondary N) is 1. The molecule has 0 aliphatic heterocycles. The molecular formula is C13H18FNO2. The first-order chi connectivity index (χ1) is 8.02. The van der Waals surface area contributed by atoms with Crippen LogP contribution in [0.2, 0.25) is 0 Å². The van der Waals surface area contributed by atoms with Gasteiger partial charge in [-0.15, -0.1) is 0 Å². The maximum atomic E-state index is 12.8. The molecule has 0 aromatic heterocycles. The number of methoxy groups -OCH3 is 1. The van der Waals surface area contributed by atoms with Gasteiger partial charge < -0.3 is 10.1 Å². The lowest BCUT2D eigenvalue weighted by molar-refractivity contribution is -0.141. The summed E-state index contributed by atoms with van der Waals surface area (Å²) in [5.74, 6) is -0.567. The number of ether oxygens (including phenoxy) is 1. The van der Waals surface area contributed by atoms with Gasteiger partial charge in [0, 0.05) is 12.1 Å². The lowest BCUT2D eigenvalue weighted by atomic mass is 10.0. The first kappa shape index (κ1) is 13.6. The summed E-state index contributed by atoms with van der Waals surface area (Å²) >= 11 is 0. The largest absolute Gasteiger partial charge is 0.469 e. The molecule has 0 amide bonds. The van der Waals surface area contributed by atoms with E-state index in [0.29, 0.717) is 0 Å². The zero-order valence-corrected chi connectivity index (χ0v) is 10.4. The summed E-state index contributed by atoms with van der Waals surface area (Å²) in [6, 6.07) is 6.22. The Labute approximate surface area is 101 Å². The summed E-state index contributed by atoms with van der Waals surface area (Å²) in [5, 5.41) is 3.26. The van der Waals surface area contributed by atoms with Crippen molar-refractivity contribution < 1.29 is 13.9 Å². The highest BCUT2D eigenvalue weighted by molar-refractivity contribution is 5.70. The number of carbonyl (C=O) groups is 1. The molecule has 1 rings (SSSR count). The lowest BCUT2D eigenvalue weighted by Crippen LogP contribution is -2.30. The van der Waals surface area contributed by atoms with Crippen LogP contribution in [0.15, 0.2) is 24.3 Å². The predicted molar refractivity (Wildman–Crippen MR) is 64.0 cm³/mol. The third-order valence-corrected chi connectivity index (χ3v) is 2.41. The quantitative estimate of drug-likeness (QED) is 0.802. The van der Waals surface area contributed by atoms with Crippen molar-refractivity contribution in [1.82, 2.24) is 5.32 Å². The van der Waals surface area contributed by atoms with Crippen molar-refractivity contribution >= 4 is 5.97 Å². The average Bonchev–Trinajstić information content (AvgIpc) is 2.28. The zero-order chi connectivity index (χ0) is 12.8. The SMILES string of the molecule is COC(=O)CC(NC(C)C)c1ccc(F)cc1. The lowest BCUT2D eigenvalue weighted by Gasteiger charge is -2.20. The Morgan fingerprint density at radius 2 is 1.94 bits per heavy atom. The van der Waals surface area contributed by atoms with E-state index in [1.54, 1.807) is 12.1 Å². The number of benzene rings is 1. The van der Waals surface area contributed by atoms with Crippen molar-refractivity contribution in [2.24, 2.45) is 0 Å². The topological polar surface area (TPSA) is 38.3 Å². The van der Waals surface area contributed by atoms with Crippen LogP contribution in [0.1, 0.15) is 31.9 Å². The van der Waals surface area contributed by atoms with Crippen molar-refractivity contribution in [3.8, 4) is 0 Å². The standard InChI is InChI=1S/C13H18FNO2/c1-9(2)15-12(8-13(16)17-3)10-4-6-11(14)7-5-10/h4-7,9,12,15H,8H2,1-3H3. The van der Waals surface area contributed by atoms with E-state index in [1.807, 2.05) is 13.8 Å². The molecule has 0 bridgehead atoms. The van der Waals surface area contributed by atoms with Crippen LogP contribution in [-0.4, -0.2) is 19.1 Å². The Morgan fingerprint density at radius 3 is 2.41 bits per heavy atom. The second-order valence-electron chi connectivity index (χ2n) is 4.21. The van der Waals surface area contributed by atoms with Crippen LogP contribution in [0.5, 0.6) is 0 Å². The molecule has 0 heterocycles. The van der Waals surface area contributed by atoms with Crippen LogP contribution in [-0.2, 0) is 9.53 Å². The molecule has 0 aliphatic carbocycles. The number of esters is 1. The van der Waals surface area contributed by atoms with Gasteiger partial charge in [-0.3, -0.25) is 4.79 Å². The van der Waals surface area contributed by atoms with E-state index < -0.39 is 0 Å². The third-order valence-electron chi connectivity index (χ3n) is 2.41. The molecule has 0 saturated carbocycles. The Kier molecular flexibility index (Phi) is 5.10. The van der Waals surface area contributed by atoms with Crippen LogP contribution in [0.25, 0.3) is 0 Å². The minimum Gasteiger partial charge on any atom is -0.469 e. The Bertz CT molecular complexity index is 362. The predicted octanol–water partition coefficient (Wildman–Crippen LogP) is 2.43. The number of halogens is 1. The van der Waals surface area contributed by atoms with E-state index in [0.717, 1.165) is 5.56 Å². The van der Waals surface area contributed by atoms with Crippen molar-refractivity contribution in [2.45, 2.75) is 32.4 Å². The van der Waals surface area contributed by atoms with Gasteiger partial charge in [-0.1, -0.05) is 26.0 Å². The zero-order valence-electron chi connectivity index (χ0n) is 10.4. The van der Waals surface area contributed by atoms with E-state index in [-0.39, 0.29) is 30.3 Å². The van der Waals surface area contributed by atoms with Gasteiger partial charge in [-0.25, -0.2) is 4.39 Å². The molecule has 1 atom stereocenters. The highest BCUT2D eigenvalue weighted by Crippen LogP contribution is 2.18. The number of carbonyl (C=O) groups excluding carboxylic acids is 1. The minimum atomic E-state index is -0.285. The van der Waals surface area contributed by atoms with E-state index in [9.17, 15) is 9.18 Å². The van der Waals surface area contributed by atoms with Crippen LogP contribution in [0, 0.1) is 5.82 Å². The van der Waals surface area contributed by atoms with Gasteiger partial charge in [0.15, 0.2) is 0 Å². The number of hydrogen-bond donors (Lipinski definition) is 1. The summed E-state index contributed by atoms with van der Waals surface area (Å²) in [6.45, 7) is 3.99. The maximum absolute atomic E-state index is 12.8. The third kappa shape index (κ3) is 4.53. The second-order valence-corrected chi connectivity index (χ2v) is 4.21. The molecule has 0 fully saturated rings. The maximum Gasteiger partial charge on any atom is 0.307 e. The summed E-state index contributed by atoms with van der Waals surface area (Å²) in [6.07, 6.45) is 0.236. The van der Waals surface area contributed by atoms with Gasteiger partial charge >= 0.3 is 5.97 Å². The van der Waals surface area contributed by atoms with E-state index in [1.165, 1.54) is 19.2 Å². The fraction of sp³-hybridized carbons (Fsp3) is 0.462. The van der Waals surface area contributed by atoms with E-state index >= 15 is 0 Å². The monoisotopic (exact) mass is 239 g/mol. The fourth-order valence-electron chi connectivity index (χ4n) is 1.62. The normalized spacial score (nSPS) is 12.5. The van der Waals surface area contributed by atoms with Crippen LogP contribution in [0.4, 0.5) is 4.39 Å². The molecule has 0 spiro atoms. The Morgan fingerprint density at radius 1 is 1.35 bits per heavy atom. The van der Waals surface area contributed by atoms with Crippen LogP contribution < -0.4 is 5.32 Å². The van der Waals surface area contributed by atoms with Gasteiger partial charge in [0.25, 0.3) is 0 Å². The molecule has 4 heteroatoms. The average molecular weight is 239 g/mol. The first-order valence-corrected chi connectivity index (χ1v) is 5.61. The molecule has 17 heavy (non-hydrogen) atoms. The van der Waals surface area contributed by atoms with E-state index in [4.69, 9.17) is 0 Å². The Hall–Kier alpha value is -1.42. The second kappa shape index (κ2) is 6.35. The van der Waals surface area contributed by atoms with Gasteiger partial charge in [-0.2, -0.15) is 0 Å². The minimum absolute atomic E-state index is 0.150. The number of hydrogen-bond acceptors (Lipinski definition) is 3. The van der Waals surface area contributed by atoms with E-state index in [2.05, 4.69) is 10.1 Å². The summed E-state index contributed by atoms with van der Waals surface area (Å²) in [7, 11) is 1.36. The van der Waals surface area contributed by atoms with Crippen molar-refractivity contribution in [3.05, 3.63) is 35.6 Å². The molecule has 1 N–H and O–H groups in total. The van der Waals surface area contributed by atoms with Gasteiger partial charge in [0.2, 0.25) is 0 Å². The molecule has 0 radical (unpaired) electrons. The van der Waals surface area contributed by atoms with Gasteiger partial charge in [0.05, 0.1) is 13.5 Å². The highest BCUT2D eigenvalue weighted by atomic mass is 19.1. The molecule has 0 aliphatic rings. The van der Waals surface area contributed by atoms with Crippen LogP contribution in [0.3, 0.4) is 0 Å². The van der Waals surface area contributed by atoms with Crippen molar-refractivity contribution in [2.75, 3.05) is 7.11 Å². The van der Waals surface area contributed by atoms with Crippen molar-refractivity contribution in [1.29, 1.82) is 0 Å². The number of rotatable bonds is 5. The molecular weight excluding hydrogens is 221 g/mol. The van der Waals surface area contributed by atoms with Crippen molar-refractivity contribution in [3.63, 3.8) is 0 Å². The highest BCUT2D eigenvalue weighted by Gasteiger charge is 2.17. The van der Waals surface area contributed by atoms with Gasteiger partial charge in [0.1, 0.15) is 5.82 Å². The summed E-state index contributed by atoms with van der Waals surface area (Å²) in [5.41, 5.74) is 0.880. The molecule has 1 aromatic carbocycles. The molecule has 94 valence electrons. The summed E-state index contributed by atoms with van der Waals surface area (Å²) in [4.78, 5) is 11.3. The smallest absolute Gasteiger partial charge is 0.307 e. The Balaban J connectivity index is 2.81. The molecule has 3 nitrogen and oxygen atoms in total. The van der Waals surface area contributed by atoms with Gasteiger partial charge in [-0.05, 0) is 17.7 Å². The first-order valence-electron chi connectivity index (χ1n) is 5.61. The fourth-order valence-corrected chi connectivity index (χ4v) is 1.62. The summed E-state index contributed by atoms with van der Waals surface area (Å²) < 4.78 is 17.5. The molecule has 0 saturated heterocycles.